The molecule has 6 heteroatoms. The Hall–Kier alpha value is -3.54. The van der Waals surface area contributed by atoms with Crippen molar-refractivity contribution in [3.63, 3.8) is 0 Å². The van der Waals surface area contributed by atoms with Crippen LogP contribution in [0.4, 0.5) is 0 Å². The Morgan fingerprint density at radius 2 is 1.50 bits per heavy atom. The summed E-state index contributed by atoms with van der Waals surface area (Å²) in [6, 6.07) is 7.67. The first-order valence-corrected chi connectivity index (χ1v) is 19.3. The molecule has 1 heterocycles. The van der Waals surface area contributed by atoms with Crippen LogP contribution in [0.1, 0.15) is 153 Å². The van der Waals surface area contributed by atoms with E-state index in [2.05, 4.69) is 60.3 Å². The van der Waals surface area contributed by atoms with E-state index in [4.69, 9.17) is 14.2 Å². The number of ether oxygens (including phenoxy) is 3. The quantitative estimate of drug-likeness (QED) is 0.0788. The summed E-state index contributed by atoms with van der Waals surface area (Å²) in [6.45, 7) is 19.3. The lowest BCUT2D eigenvalue weighted by atomic mass is 9.64. The Balaban J connectivity index is 1.50. The van der Waals surface area contributed by atoms with Gasteiger partial charge in [0.05, 0.1) is 0 Å². The van der Waals surface area contributed by atoms with Crippen LogP contribution >= 0.6 is 0 Å². The minimum Gasteiger partial charge on any atom is -0.507 e. The van der Waals surface area contributed by atoms with Crippen molar-refractivity contribution in [3.8, 4) is 23.0 Å². The van der Waals surface area contributed by atoms with Crippen LogP contribution in [0.3, 0.4) is 0 Å². The van der Waals surface area contributed by atoms with Gasteiger partial charge in [-0.1, -0.05) is 76.7 Å². The summed E-state index contributed by atoms with van der Waals surface area (Å²) in [6.07, 6.45) is 14.9. The van der Waals surface area contributed by atoms with Crippen LogP contribution in [-0.2, 0) is 22.4 Å². The topological polar surface area (TPSA) is 82.1 Å². The number of aryl methyl sites for hydroxylation is 2. The smallest absolute Gasteiger partial charge is 0.423 e. The second kappa shape index (κ2) is 16.2. The van der Waals surface area contributed by atoms with Gasteiger partial charge >= 0.3 is 11.9 Å². The van der Waals surface area contributed by atoms with Crippen molar-refractivity contribution in [2.24, 2.45) is 17.8 Å². The van der Waals surface area contributed by atoms with Crippen molar-refractivity contribution < 1.29 is 28.9 Å². The van der Waals surface area contributed by atoms with Crippen LogP contribution in [-0.4, -0.2) is 22.6 Å². The molecule has 0 spiro atoms. The zero-order chi connectivity index (χ0) is 36.2. The maximum absolute atomic E-state index is 13.8. The number of esters is 2. The van der Waals surface area contributed by atoms with Crippen molar-refractivity contribution in [1.82, 2.24) is 0 Å². The highest BCUT2D eigenvalue weighted by Crippen LogP contribution is 2.56. The summed E-state index contributed by atoms with van der Waals surface area (Å²) in [5.41, 5.74) is 5.17. The van der Waals surface area contributed by atoms with Gasteiger partial charge in [-0.25, -0.2) is 9.59 Å². The Morgan fingerprint density at radius 3 is 2.10 bits per heavy atom. The molecule has 2 aromatic carbocycles. The number of hydrogen-bond donors (Lipinski definition) is 1. The summed E-state index contributed by atoms with van der Waals surface area (Å²) < 4.78 is 18.7. The minimum absolute atomic E-state index is 0.0667. The molecular weight excluding hydrogens is 624 g/mol. The number of allylic oxidation sites excluding steroid dienone is 3. The molecule has 1 aliphatic heterocycles. The van der Waals surface area contributed by atoms with Gasteiger partial charge in [-0.2, -0.15) is 0 Å². The standard InChI is InChI=1S/C44H60O6/c1-9-11-13-15-30-23-36(45)40(33-21-28(5)17-19-32(33)27(3)4)37(24-30)48-42(46)43(47)49-38-25-31(16-14-12-10-2)26-39-41(38)34-22-29(6)18-20-35(34)44(7,8)50-39/h21,23-26,29,32-35,45H,3,9-20,22H2,1-2,4-8H3/t29-,32+,33-,34+,35+/m1/s1. The van der Waals surface area contributed by atoms with Crippen molar-refractivity contribution in [3.05, 3.63) is 70.3 Å². The highest BCUT2D eigenvalue weighted by atomic mass is 16.6. The fraction of sp³-hybridized carbons (Fsp3) is 0.591. The van der Waals surface area contributed by atoms with Gasteiger partial charge in [0.25, 0.3) is 0 Å². The summed E-state index contributed by atoms with van der Waals surface area (Å²) in [4.78, 5) is 27.6. The van der Waals surface area contributed by atoms with Gasteiger partial charge in [0, 0.05) is 23.0 Å². The predicted octanol–water partition coefficient (Wildman–Crippen LogP) is 11.1. The van der Waals surface area contributed by atoms with Crippen LogP contribution in [0, 0.1) is 17.8 Å². The lowest BCUT2D eigenvalue weighted by molar-refractivity contribution is -0.156. The van der Waals surface area contributed by atoms with Gasteiger partial charge in [-0.3, -0.25) is 0 Å². The number of benzene rings is 2. The molecule has 50 heavy (non-hydrogen) atoms. The van der Waals surface area contributed by atoms with E-state index < -0.39 is 11.9 Å². The lowest BCUT2D eigenvalue weighted by Gasteiger charge is -2.49. The highest BCUT2D eigenvalue weighted by Gasteiger charge is 2.47. The number of unbranched alkanes of at least 4 members (excludes halogenated alkanes) is 4. The number of aromatic hydroxyl groups is 1. The number of phenols is 1. The molecule has 1 saturated carbocycles. The molecule has 1 N–H and O–H groups in total. The van der Waals surface area contributed by atoms with Crippen molar-refractivity contribution in [2.75, 3.05) is 0 Å². The third kappa shape index (κ3) is 8.49. The fourth-order valence-electron chi connectivity index (χ4n) is 8.80. The maximum Gasteiger partial charge on any atom is 0.423 e. The van der Waals surface area contributed by atoms with E-state index in [1.165, 1.54) is 5.57 Å². The molecule has 1 fully saturated rings. The molecule has 0 amide bonds. The van der Waals surface area contributed by atoms with Gasteiger partial charge in [0.1, 0.15) is 28.6 Å². The zero-order valence-electron chi connectivity index (χ0n) is 31.7. The molecule has 5 rings (SSSR count). The van der Waals surface area contributed by atoms with E-state index >= 15 is 0 Å². The van der Waals surface area contributed by atoms with Gasteiger partial charge in [-0.05, 0) is 132 Å². The first-order valence-electron chi connectivity index (χ1n) is 19.3. The van der Waals surface area contributed by atoms with Crippen molar-refractivity contribution in [1.29, 1.82) is 0 Å². The fourth-order valence-corrected chi connectivity index (χ4v) is 8.80. The normalized spacial score (nSPS) is 23.9. The molecular formula is C44H60O6. The van der Waals surface area contributed by atoms with E-state index in [-0.39, 0.29) is 40.8 Å². The molecule has 0 aromatic heterocycles. The largest absolute Gasteiger partial charge is 0.507 e. The Kier molecular flexibility index (Phi) is 12.2. The molecule has 0 saturated heterocycles. The monoisotopic (exact) mass is 684 g/mol. The molecule has 2 aliphatic carbocycles. The van der Waals surface area contributed by atoms with Crippen LogP contribution in [0.25, 0.3) is 0 Å². The summed E-state index contributed by atoms with van der Waals surface area (Å²) in [5.74, 6) is 0.0673. The molecule has 272 valence electrons. The molecule has 3 aliphatic rings. The number of carbonyl (C=O) groups is 2. The van der Waals surface area contributed by atoms with Crippen LogP contribution in [0.15, 0.2) is 48.1 Å². The van der Waals surface area contributed by atoms with Gasteiger partial charge < -0.3 is 19.3 Å². The molecule has 6 nitrogen and oxygen atoms in total. The molecule has 5 atom stereocenters. The van der Waals surface area contributed by atoms with E-state index in [0.717, 1.165) is 111 Å². The molecule has 2 aromatic rings. The number of phenolic OH excluding ortho intramolecular Hbond substituents is 1. The third-order valence-electron chi connectivity index (χ3n) is 11.5. The summed E-state index contributed by atoms with van der Waals surface area (Å²) in [7, 11) is 0. The Morgan fingerprint density at radius 1 is 0.900 bits per heavy atom. The number of fused-ring (bicyclic) bond motifs is 3. The average Bonchev–Trinajstić information content (AvgIpc) is 3.04. The van der Waals surface area contributed by atoms with E-state index in [9.17, 15) is 14.7 Å². The van der Waals surface area contributed by atoms with Gasteiger partial charge in [0.15, 0.2) is 0 Å². The molecule has 0 unspecified atom stereocenters. The van der Waals surface area contributed by atoms with Crippen LogP contribution in [0.5, 0.6) is 23.0 Å². The highest BCUT2D eigenvalue weighted by molar-refractivity contribution is 6.31. The van der Waals surface area contributed by atoms with Gasteiger partial charge in [-0.15, -0.1) is 0 Å². The summed E-state index contributed by atoms with van der Waals surface area (Å²) >= 11 is 0. The number of hydrogen-bond acceptors (Lipinski definition) is 6. The van der Waals surface area contributed by atoms with Crippen molar-refractivity contribution in [2.45, 2.75) is 149 Å². The third-order valence-corrected chi connectivity index (χ3v) is 11.5. The number of carbonyl (C=O) groups excluding carboxylic acids is 2. The first-order chi connectivity index (χ1) is 23.8. The average molecular weight is 685 g/mol. The summed E-state index contributed by atoms with van der Waals surface area (Å²) in [5, 5.41) is 11.5. The second-order valence-electron chi connectivity index (χ2n) is 16.1. The second-order valence-corrected chi connectivity index (χ2v) is 16.1. The SMILES string of the molecule is C=C(C)[C@@H]1CCC(C)=C[C@H]1c1c(O)cc(CCCCC)cc1OC(=O)C(=O)Oc1cc(CCCCC)cc2c1[C@H]1C[C@H](C)CC[C@@H]1C(C)(C)O2. The van der Waals surface area contributed by atoms with Crippen LogP contribution in [0.2, 0.25) is 0 Å². The van der Waals surface area contributed by atoms with E-state index in [0.29, 0.717) is 17.2 Å². The predicted molar refractivity (Wildman–Crippen MR) is 200 cm³/mol. The van der Waals surface area contributed by atoms with Crippen LogP contribution < -0.4 is 14.2 Å². The first kappa shape index (κ1) is 37.7. The molecule has 0 bridgehead atoms. The van der Waals surface area contributed by atoms with E-state index in [1.807, 2.05) is 19.1 Å². The van der Waals surface area contributed by atoms with Crippen molar-refractivity contribution >= 4 is 11.9 Å². The van der Waals surface area contributed by atoms with E-state index in [1.54, 1.807) is 6.07 Å². The zero-order valence-corrected chi connectivity index (χ0v) is 31.7. The Labute approximate surface area is 300 Å². The molecule has 0 radical (unpaired) electrons. The number of rotatable bonds is 12. The maximum atomic E-state index is 13.8. The Bertz CT molecular complexity index is 1600. The lowest BCUT2D eigenvalue weighted by Crippen LogP contribution is -2.47. The minimum atomic E-state index is -1.10. The van der Waals surface area contributed by atoms with Gasteiger partial charge in [0.2, 0.25) is 0 Å².